The number of carbonyl (C=O) groups is 1. The number of ether oxygens (including phenoxy) is 4. The Morgan fingerprint density at radius 2 is 1.76 bits per heavy atom. The van der Waals surface area contributed by atoms with Gasteiger partial charge in [-0.2, -0.15) is 5.10 Å². The minimum absolute atomic E-state index is 0.0858. The maximum atomic E-state index is 12.1. The van der Waals surface area contributed by atoms with Gasteiger partial charge in [0.05, 0.1) is 57.8 Å². The molecule has 0 aliphatic rings. The molecule has 4 aromatic rings. The summed E-state index contributed by atoms with van der Waals surface area (Å²) in [6.07, 6.45) is 5.39. The summed E-state index contributed by atoms with van der Waals surface area (Å²) in [7, 11) is 4.70. The first-order valence-corrected chi connectivity index (χ1v) is 12.3. The van der Waals surface area contributed by atoms with E-state index in [4.69, 9.17) is 28.9 Å². The molecule has 0 aliphatic heterocycles. The summed E-state index contributed by atoms with van der Waals surface area (Å²) in [5.41, 5.74) is 1.44. The molecule has 0 spiro atoms. The summed E-state index contributed by atoms with van der Waals surface area (Å²) >= 11 is 0. The van der Waals surface area contributed by atoms with Gasteiger partial charge in [-0.15, -0.1) is 0 Å². The molecule has 1 N–H and O–H groups in total. The first-order chi connectivity index (χ1) is 18.3. The molecule has 3 heterocycles. The number of carbonyl (C=O) groups excluding carboxylic acids is 1. The quantitative estimate of drug-likeness (QED) is 0.282. The van der Waals surface area contributed by atoms with Crippen LogP contribution < -0.4 is 19.5 Å². The Morgan fingerprint density at radius 3 is 2.37 bits per heavy atom. The third kappa shape index (κ3) is 5.34. The van der Waals surface area contributed by atoms with Crippen molar-refractivity contribution in [1.82, 2.24) is 29.3 Å². The van der Waals surface area contributed by atoms with Gasteiger partial charge in [-0.3, -0.25) is 4.79 Å². The standard InChI is InChI=1S/C26H33N7O5/c1-8-38-22(34)9-16(4)24-30-25(18-12-28-33(15(2)3)26(18)31-24)29-21-13-32(14-27-21)17-10-19(35-5)23(37-7)20(11-17)36-6/h10-16H,8-9H2,1-7H3,(H,29,30,31). The van der Waals surface area contributed by atoms with Gasteiger partial charge in [-0.25, -0.2) is 19.6 Å². The van der Waals surface area contributed by atoms with Gasteiger partial charge in [0.25, 0.3) is 0 Å². The lowest BCUT2D eigenvalue weighted by Gasteiger charge is -2.14. The van der Waals surface area contributed by atoms with Gasteiger partial charge in [0, 0.05) is 24.1 Å². The molecule has 38 heavy (non-hydrogen) atoms. The van der Waals surface area contributed by atoms with Crippen LogP contribution in [-0.2, 0) is 9.53 Å². The summed E-state index contributed by atoms with van der Waals surface area (Å²) in [6, 6.07) is 3.75. The van der Waals surface area contributed by atoms with Gasteiger partial charge in [0.2, 0.25) is 5.75 Å². The van der Waals surface area contributed by atoms with Crippen LogP contribution in [0.5, 0.6) is 17.2 Å². The van der Waals surface area contributed by atoms with Crippen molar-refractivity contribution in [3.8, 4) is 22.9 Å². The van der Waals surface area contributed by atoms with Crippen LogP contribution in [0.2, 0.25) is 0 Å². The Kier molecular flexibility index (Phi) is 7.99. The number of nitrogens with one attached hydrogen (secondary N) is 1. The third-order valence-electron chi connectivity index (χ3n) is 5.96. The van der Waals surface area contributed by atoms with E-state index in [2.05, 4.69) is 15.4 Å². The number of benzene rings is 1. The minimum Gasteiger partial charge on any atom is -0.493 e. The highest BCUT2D eigenvalue weighted by Gasteiger charge is 2.21. The van der Waals surface area contributed by atoms with Crippen molar-refractivity contribution in [2.45, 2.75) is 46.1 Å². The van der Waals surface area contributed by atoms with Crippen molar-refractivity contribution < 1.29 is 23.7 Å². The summed E-state index contributed by atoms with van der Waals surface area (Å²) in [6.45, 7) is 8.07. The predicted molar refractivity (Wildman–Crippen MR) is 142 cm³/mol. The maximum absolute atomic E-state index is 12.1. The number of anilines is 2. The number of hydrogen-bond donors (Lipinski definition) is 1. The zero-order valence-electron chi connectivity index (χ0n) is 22.7. The molecular weight excluding hydrogens is 490 g/mol. The van der Waals surface area contributed by atoms with Crippen LogP contribution in [-0.4, -0.2) is 63.2 Å². The molecular formula is C26H33N7O5. The molecule has 1 atom stereocenters. The molecule has 1 unspecified atom stereocenters. The van der Waals surface area contributed by atoms with Gasteiger partial charge in [-0.1, -0.05) is 6.92 Å². The highest BCUT2D eigenvalue weighted by atomic mass is 16.5. The van der Waals surface area contributed by atoms with E-state index in [9.17, 15) is 4.79 Å². The molecule has 0 fully saturated rings. The largest absolute Gasteiger partial charge is 0.493 e. The van der Waals surface area contributed by atoms with Crippen molar-refractivity contribution >= 4 is 28.6 Å². The number of nitrogens with zero attached hydrogens (tertiary/aromatic N) is 6. The van der Waals surface area contributed by atoms with E-state index in [1.54, 1.807) is 40.8 Å². The lowest BCUT2D eigenvalue weighted by atomic mass is 10.1. The second kappa shape index (κ2) is 11.4. The maximum Gasteiger partial charge on any atom is 0.306 e. The molecule has 4 rings (SSSR count). The molecule has 3 aromatic heterocycles. The summed E-state index contributed by atoms with van der Waals surface area (Å²) in [5.74, 6) is 2.63. The van der Waals surface area contributed by atoms with E-state index < -0.39 is 0 Å². The third-order valence-corrected chi connectivity index (χ3v) is 5.96. The number of rotatable bonds is 11. The van der Waals surface area contributed by atoms with Gasteiger partial charge in [0.1, 0.15) is 23.8 Å². The van der Waals surface area contributed by atoms with Gasteiger partial charge in [0.15, 0.2) is 17.1 Å². The summed E-state index contributed by atoms with van der Waals surface area (Å²) in [5, 5.41) is 8.56. The number of hydrogen-bond acceptors (Lipinski definition) is 10. The van der Waals surface area contributed by atoms with Crippen molar-refractivity contribution in [3.05, 3.63) is 36.7 Å². The van der Waals surface area contributed by atoms with Crippen molar-refractivity contribution in [1.29, 1.82) is 0 Å². The fourth-order valence-corrected chi connectivity index (χ4v) is 4.06. The molecule has 0 saturated heterocycles. The molecule has 1 aromatic carbocycles. The van der Waals surface area contributed by atoms with Crippen LogP contribution in [0.1, 0.15) is 51.9 Å². The second-order valence-electron chi connectivity index (χ2n) is 8.94. The second-order valence-corrected chi connectivity index (χ2v) is 8.94. The average Bonchev–Trinajstić information content (AvgIpc) is 3.55. The molecule has 0 saturated carbocycles. The normalized spacial score (nSPS) is 12.0. The SMILES string of the molecule is CCOC(=O)CC(C)c1nc(Nc2cn(-c3cc(OC)c(OC)c(OC)c3)cn2)c2cnn(C(C)C)c2n1. The van der Waals surface area contributed by atoms with Crippen LogP contribution in [0.3, 0.4) is 0 Å². The lowest BCUT2D eigenvalue weighted by Crippen LogP contribution is -2.13. The van der Waals surface area contributed by atoms with Crippen LogP contribution in [0, 0.1) is 0 Å². The fraction of sp³-hybridized carbons (Fsp3) is 0.423. The fourth-order valence-electron chi connectivity index (χ4n) is 4.06. The van der Waals surface area contributed by atoms with Crippen molar-refractivity contribution in [2.24, 2.45) is 0 Å². The first kappa shape index (κ1) is 26.7. The van der Waals surface area contributed by atoms with E-state index in [1.165, 1.54) is 0 Å². The zero-order valence-corrected chi connectivity index (χ0v) is 22.7. The molecule has 12 heteroatoms. The molecule has 0 aliphatic carbocycles. The highest BCUT2D eigenvalue weighted by molar-refractivity contribution is 5.88. The smallest absolute Gasteiger partial charge is 0.306 e. The van der Waals surface area contributed by atoms with Crippen LogP contribution in [0.4, 0.5) is 11.6 Å². The topological polar surface area (TPSA) is 127 Å². The van der Waals surface area contributed by atoms with Gasteiger partial charge >= 0.3 is 5.97 Å². The highest BCUT2D eigenvalue weighted by Crippen LogP contribution is 2.39. The van der Waals surface area contributed by atoms with Crippen LogP contribution in [0.15, 0.2) is 30.9 Å². The monoisotopic (exact) mass is 523 g/mol. The van der Waals surface area contributed by atoms with Gasteiger partial charge < -0.3 is 28.8 Å². The Labute approximate surface area is 220 Å². The van der Waals surface area contributed by atoms with E-state index in [1.807, 2.05) is 48.3 Å². The van der Waals surface area contributed by atoms with E-state index in [-0.39, 0.29) is 24.3 Å². The lowest BCUT2D eigenvalue weighted by molar-refractivity contribution is -0.143. The van der Waals surface area contributed by atoms with Crippen LogP contribution in [0.25, 0.3) is 16.7 Å². The molecule has 0 radical (unpaired) electrons. The predicted octanol–water partition coefficient (Wildman–Crippen LogP) is 4.42. The average molecular weight is 524 g/mol. The molecule has 202 valence electrons. The Hall–Kier alpha value is -4.35. The van der Waals surface area contributed by atoms with E-state index >= 15 is 0 Å². The first-order valence-electron chi connectivity index (χ1n) is 12.3. The van der Waals surface area contributed by atoms with Gasteiger partial charge in [-0.05, 0) is 20.8 Å². The Bertz CT molecular complexity index is 1400. The summed E-state index contributed by atoms with van der Waals surface area (Å²) in [4.78, 5) is 26.1. The van der Waals surface area contributed by atoms with Crippen molar-refractivity contribution in [3.63, 3.8) is 0 Å². The van der Waals surface area contributed by atoms with E-state index in [0.29, 0.717) is 47.0 Å². The van der Waals surface area contributed by atoms with Crippen molar-refractivity contribution in [2.75, 3.05) is 33.3 Å². The van der Waals surface area contributed by atoms with E-state index in [0.717, 1.165) is 11.1 Å². The molecule has 12 nitrogen and oxygen atoms in total. The zero-order chi connectivity index (χ0) is 27.4. The minimum atomic E-state index is -0.292. The molecule has 0 amide bonds. The summed E-state index contributed by atoms with van der Waals surface area (Å²) < 4.78 is 25.2. The number of fused-ring (bicyclic) bond motifs is 1. The number of methoxy groups -OCH3 is 3. The molecule has 0 bridgehead atoms. The number of imidazole rings is 1. The van der Waals surface area contributed by atoms with Crippen LogP contribution >= 0.6 is 0 Å². The Morgan fingerprint density at radius 1 is 1.05 bits per heavy atom. The number of esters is 1. The Balaban J connectivity index is 1.71. The number of aromatic nitrogens is 6.